The van der Waals surface area contributed by atoms with Gasteiger partial charge in [0.2, 0.25) is 5.75 Å². The van der Waals surface area contributed by atoms with Crippen LogP contribution in [0.2, 0.25) is 0 Å². The summed E-state index contributed by atoms with van der Waals surface area (Å²) in [6.07, 6.45) is 0. The molecule has 0 radical (unpaired) electrons. The van der Waals surface area contributed by atoms with Crippen molar-refractivity contribution in [3.8, 4) is 5.75 Å². The van der Waals surface area contributed by atoms with Crippen molar-refractivity contribution in [2.45, 2.75) is 32.5 Å². The largest absolute Gasteiger partial charge is 0.501 e. The third-order valence-corrected chi connectivity index (χ3v) is 5.55. The van der Waals surface area contributed by atoms with Crippen molar-refractivity contribution in [1.29, 1.82) is 0 Å². The molecule has 0 spiro atoms. The number of fused-ring (bicyclic) bond motifs is 1. The van der Waals surface area contributed by atoms with E-state index in [1.54, 1.807) is 13.8 Å². The van der Waals surface area contributed by atoms with Gasteiger partial charge in [-0.2, -0.15) is 0 Å². The standard InChI is InChI=1S/C17H16Br2FN3O4/c1-17(2)16-22-12(13(24)15(26)23(16)3-4-27-17)14(25)21-7-8-5-10(19)11(20)6-9(8)18/h5-6,24H,3-4,7H2,1-2H3,(H,21,25). The van der Waals surface area contributed by atoms with Gasteiger partial charge >= 0.3 is 0 Å². The minimum Gasteiger partial charge on any atom is -0.501 e. The average Bonchev–Trinajstić information content (AvgIpc) is 2.59. The Labute approximate surface area is 170 Å². The van der Waals surface area contributed by atoms with Gasteiger partial charge in [-0.1, -0.05) is 15.9 Å². The van der Waals surface area contributed by atoms with Gasteiger partial charge in [0.05, 0.1) is 17.6 Å². The van der Waals surface area contributed by atoms with Crippen LogP contribution in [-0.4, -0.2) is 27.2 Å². The highest BCUT2D eigenvalue weighted by atomic mass is 79.9. The smallest absolute Gasteiger partial charge is 0.296 e. The van der Waals surface area contributed by atoms with Crippen LogP contribution in [-0.2, 0) is 23.4 Å². The number of nitrogens with one attached hydrogen (secondary N) is 1. The number of hydrogen-bond donors (Lipinski definition) is 2. The van der Waals surface area contributed by atoms with Crippen LogP contribution in [0.15, 0.2) is 25.9 Å². The number of benzene rings is 1. The van der Waals surface area contributed by atoms with Gasteiger partial charge in [-0.3, -0.25) is 14.2 Å². The fourth-order valence-corrected chi connectivity index (χ4v) is 3.63. The lowest BCUT2D eigenvalue weighted by molar-refractivity contribution is -0.0566. The molecule has 2 heterocycles. The molecule has 2 N–H and O–H groups in total. The summed E-state index contributed by atoms with van der Waals surface area (Å²) in [6, 6.07) is 2.79. The van der Waals surface area contributed by atoms with Gasteiger partial charge in [-0.05, 0) is 47.5 Å². The first-order valence-corrected chi connectivity index (χ1v) is 9.60. The van der Waals surface area contributed by atoms with Crippen molar-refractivity contribution in [1.82, 2.24) is 14.9 Å². The van der Waals surface area contributed by atoms with Crippen molar-refractivity contribution in [2.24, 2.45) is 0 Å². The molecule has 1 aromatic heterocycles. The van der Waals surface area contributed by atoms with Gasteiger partial charge in [-0.15, -0.1) is 0 Å². The molecule has 27 heavy (non-hydrogen) atoms. The maximum atomic E-state index is 13.5. The lowest BCUT2D eigenvalue weighted by Gasteiger charge is -2.32. The summed E-state index contributed by atoms with van der Waals surface area (Å²) >= 11 is 6.32. The number of nitrogens with zero attached hydrogens (tertiary/aromatic N) is 2. The topological polar surface area (TPSA) is 93.5 Å². The first kappa shape index (κ1) is 20.0. The second kappa shape index (κ2) is 7.33. The molecule has 7 nitrogen and oxygen atoms in total. The maximum absolute atomic E-state index is 13.5. The zero-order valence-electron chi connectivity index (χ0n) is 14.5. The Bertz CT molecular complexity index is 991. The van der Waals surface area contributed by atoms with E-state index in [1.165, 1.54) is 16.7 Å². The van der Waals surface area contributed by atoms with Gasteiger partial charge in [-0.25, -0.2) is 9.37 Å². The van der Waals surface area contributed by atoms with E-state index in [0.29, 0.717) is 16.6 Å². The third kappa shape index (κ3) is 3.78. The van der Waals surface area contributed by atoms with Crippen LogP contribution in [0, 0.1) is 5.82 Å². The van der Waals surface area contributed by atoms with E-state index in [4.69, 9.17) is 4.74 Å². The number of carbonyl (C=O) groups excluding carboxylic acids is 1. The number of hydrogen-bond acceptors (Lipinski definition) is 5. The SMILES string of the molecule is CC1(C)OCCn2c1nc(C(=O)NCc1cc(Br)c(F)cc1Br)c(O)c2=O. The van der Waals surface area contributed by atoms with E-state index in [-0.39, 0.29) is 29.1 Å². The molecule has 3 rings (SSSR count). The number of aromatic hydroxyl groups is 1. The summed E-state index contributed by atoms with van der Waals surface area (Å²) < 4.78 is 21.1. The molecule has 1 aliphatic rings. The van der Waals surface area contributed by atoms with Crippen LogP contribution in [0.4, 0.5) is 4.39 Å². The minimum absolute atomic E-state index is 0.0394. The molecule has 144 valence electrons. The van der Waals surface area contributed by atoms with Gasteiger partial charge < -0.3 is 15.2 Å². The van der Waals surface area contributed by atoms with Crippen LogP contribution in [0.3, 0.4) is 0 Å². The summed E-state index contributed by atoms with van der Waals surface area (Å²) in [5.74, 6) is -1.61. The molecule has 0 atom stereocenters. The molecule has 1 aromatic carbocycles. The number of rotatable bonds is 3. The van der Waals surface area contributed by atoms with E-state index >= 15 is 0 Å². The zero-order valence-corrected chi connectivity index (χ0v) is 17.6. The average molecular weight is 505 g/mol. The first-order valence-electron chi connectivity index (χ1n) is 8.01. The van der Waals surface area contributed by atoms with Crippen LogP contribution in [0.5, 0.6) is 5.75 Å². The van der Waals surface area contributed by atoms with Crippen LogP contribution >= 0.6 is 31.9 Å². The molecular weight excluding hydrogens is 489 g/mol. The van der Waals surface area contributed by atoms with Gasteiger partial charge in [0.15, 0.2) is 5.69 Å². The molecule has 0 aliphatic carbocycles. The highest BCUT2D eigenvalue weighted by Gasteiger charge is 2.34. The molecule has 0 unspecified atom stereocenters. The Morgan fingerprint density at radius 1 is 1.41 bits per heavy atom. The molecule has 0 fully saturated rings. The molecule has 1 aliphatic heterocycles. The second-order valence-electron chi connectivity index (χ2n) is 6.49. The van der Waals surface area contributed by atoms with E-state index in [9.17, 15) is 19.1 Å². The Morgan fingerprint density at radius 3 is 2.81 bits per heavy atom. The second-order valence-corrected chi connectivity index (χ2v) is 8.20. The van der Waals surface area contributed by atoms with Gasteiger partial charge in [0.1, 0.15) is 17.2 Å². The number of aromatic nitrogens is 2. The summed E-state index contributed by atoms with van der Waals surface area (Å²) in [4.78, 5) is 29.1. The molecular formula is C17H16Br2FN3O4. The lowest BCUT2D eigenvalue weighted by atomic mass is 10.1. The Hall–Kier alpha value is -1.78. The van der Waals surface area contributed by atoms with Crippen molar-refractivity contribution in [3.63, 3.8) is 0 Å². The van der Waals surface area contributed by atoms with Crippen molar-refractivity contribution in [3.05, 3.63) is 54.3 Å². The fourth-order valence-electron chi connectivity index (χ4n) is 2.79. The molecule has 10 heteroatoms. The zero-order chi connectivity index (χ0) is 19.9. The fraction of sp³-hybridized carbons (Fsp3) is 0.353. The lowest BCUT2D eigenvalue weighted by Crippen LogP contribution is -2.42. The molecule has 1 amide bonds. The predicted molar refractivity (Wildman–Crippen MR) is 102 cm³/mol. The monoisotopic (exact) mass is 503 g/mol. The summed E-state index contributed by atoms with van der Waals surface area (Å²) in [5, 5.41) is 12.7. The maximum Gasteiger partial charge on any atom is 0.296 e. The highest BCUT2D eigenvalue weighted by Crippen LogP contribution is 2.28. The van der Waals surface area contributed by atoms with Crippen LogP contribution < -0.4 is 10.9 Å². The quantitative estimate of drug-likeness (QED) is 0.627. The summed E-state index contributed by atoms with van der Waals surface area (Å²) in [5.41, 5.74) is -1.32. The van der Waals surface area contributed by atoms with E-state index in [0.717, 1.165) is 0 Å². The molecule has 0 saturated carbocycles. The van der Waals surface area contributed by atoms with Crippen molar-refractivity contribution in [2.75, 3.05) is 6.61 Å². The number of carbonyl (C=O) groups is 1. The van der Waals surface area contributed by atoms with Gasteiger partial charge in [0, 0.05) is 11.0 Å². The van der Waals surface area contributed by atoms with Crippen molar-refractivity contribution >= 4 is 37.8 Å². The van der Waals surface area contributed by atoms with Crippen molar-refractivity contribution < 1.29 is 19.0 Å². The van der Waals surface area contributed by atoms with E-state index in [2.05, 4.69) is 42.2 Å². The summed E-state index contributed by atoms with van der Waals surface area (Å²) in [6.45, 7) is 4.06. The minimum atomic E-state index is -0.870. The molecule has 0 saturated heterocycles. The number of ether oxygens (including phenoxy) is 1. The van der Waals surface area contributed by atoms with Crippen LogP contribution in [0.25, 0.3) is 0 Å². The Balaban J connectivity index is 1.91. The molecule has 0 bridgehead atoms. The van der Waals surface area contributed by atoms with Gasteiger partial charge in [0.25, 0.3) is 11.5 Å². The predicted octanol–water partition coefficient (Wildman–Crippen LogP) is 2.81. The van der Waals surface area contributed by atoms with Crippen LogP contribution in [0.1, 0.15) is 35.7 Å². The van der Waals surface area contributed by atoms with E-state index in [1.807, 2.05) is 0 Å². The summed E-state index contributed by atoms with van der Waals surface area (Å²) in [7, 11) is 0. The number of halogens is 3. The normalized spacial score (nSPS) is 15.3. The highest BCUT2D eigenvalue weighted by molar-refractivity contribution is 9.11. The molecule has 2 aromatic rings. The van der Waals surface area contributed by atoms with E-state index < -0.39 is 28.6 Å². The Morgan fingerprint density at radius 2 is 2.11 bits per heavy atom. The number of amides is 1. The third-order valence-electron chi connectivity index (χ3n) is 4.21. The first-order chi connectivity index (χ1) is 12.6. The Kier molecular flexibility index (Phi) is 5.42.